The van der Waals surface area contributed by atoms with E-state index in [2.05, 4.69) is 26.2 Å². The number of hydrogen-bond acceptors (Lipinski definition) is 5. The van der Waals surface area contributed by atoms with Crippen LogP contribution < -0.4 is 0 Å². The standard InChI is InChI=1S/C8H12BrN5O2S/c1-3-5-14(6-4-10)17(15,16)8-7(9)11-12-13(8)2/h3,5-6H2,1-2H3. The van der Waals surface area contributed by atoms with E-state index < -0.39 is 10.0 Å². The second-order valence-corrected chi connectivity index (χ2v) is 5.91. The summed E-state index contributed by atoms with van der Waals surface area (Å²) in [7, 11) is -2.25. The first-order valence-electron chi connectivity index (χ1n) is 4.87. The Labute approximate surface area is 108 Å². The average Bonchev–Trinajstić information content (AvgIpc) is 2.58. The molecule has 94 valence electrons. The molecule has 1 aromatic rings. The van der Waals surface area contributed by atoms with Crippen LogP contribution in [0.4, 0.5) is 0 Å². The molecule has 0 saturated carbocycles. The van der Waals surface area contributed by atoms with E-state index in [1.807, 2.05) is 13.0 Å². The molecule has 1 rings (SSSR count). The summed E-state index contributed by atoms with van der Waals surface area (Å²) in [4.78, 5) is 0. The van der Waals surface area contributed by atoms with Crippen molar-refractivity contribution in [1.29, 1.82) is 5.26 Å². The third kappa shape index (κ3) is 2.83. The molecule has 0 aliphatic rings. The van der Waals surface area contributed by atoms with Gasteiger partial charge in [0.15, 0.2) is 4.60 Å². The molecule has 7 nitrogen and oxygen atoms in total. The van der Waals surface area contributed by atoms with Gasteiger partial charge in [0.1, 0.15) is 6.54 Å². The van der Waals surface area contributed by atoms with Crippen molar-refractivity contribution in [1.82, 2.24) is 19.3 Å². The van der Waals surface area contributed by atoms with Crippen LogP contribution in [0.2, 0.25) is 0 Å². The van der Waals surface area contributed by atoms with E-state index in [-0.39, 0.29) is 22.7 Å². The summed E-state index contributed by atoms with van der Waals surface area (Å²) in [6.45, 7) is 1.94. The van der Waals surface area contributed by atoms with Crippen LogP contribution in [0, 0.1) is 11.3 Å². The lowest BCUT2D eigenvalue weighted by Crippen LogP contribution is -2.33. The molecule has 0 N–H and O–H groups in total. The molecule has 17 heavy (non-hydrogen) atoms. The van der Waals surface area contributed by atoms with Gasteiger partial charge in [0.25, 0.3) is 10.0 Å². The van der Waals surface area contributed by atoms with Crippen LogP contribution in [-0.4, -0.2) is 40.8 Å². The molecule has 0 unspecified atom stereocenters. The van der Waals surface area contributed by atoms with Crippen LogP contribution in [0.25, 0.3) is 0 Å². The Morgan fingerprint density at radius 3 is 2.65 bits per heavy atom. The third-order valence-electron chi connectivity index (χ3n) is 2.04. The van der Waals surface area contributed by atoms with E-state index in [0.29, 0.717) is 6.42 Å². The van der Waals surface area contributed by atoms with Crippen molar-refractivity contribution < 1.29 is 8.42 Å². The van der Waals surface area contributed by atoms with Crippen LogP contribution in [0.15, 0.2) is 9.63 Å². The first kappa shape index (κ1) is 14.1. The van der Waals surface area contributed by atoms with Crippen molar-refractivity contribution in [2.24, 2.45) is 7.05 Å². The lowest BCUT2D eigenvalue weighted by molar-refractivity contribution is 0.436. The molecule has 1 heterocycles. The number of aryl methyl sites for hydroxylation is 1. The monoisotopic (exact) mass is 321 g/mol. The Kier molecular flexibility index (Phi) is 4.62. The predicted octanol–water partition coefficient (Wildman–Crippen LogP) is 0.502. The quantitative estimate of drug-likeness (QED) is 0.736. The van der Waals surface area contributed by atoms with Crippen molar-refractivity contribution in [2.75, 3.05) is 13.1 Å². The van der Waals surface area contributed by atoms with E-state index in [4.69, 9.17) is 5.26 Å². The smallest absolute Gasteiger partial charge is 0.235 e. The molecular formula is C8H12BrN5O2S. The summed E-state index contributed by atoms with van der Waals surface area (Å²) in [5, 5.41) is 15.9. The van der Waals surface area contributed by atoms with Gasteiger partial charge in [-0.15, -0.1) is 5.10 Å². The number of rotatable bonds is 5. The van der Waals surface area contributed by atoms with Gasteiger partial charge in [-0.25, -0.2) is 13.1 Å². The van der Waals surface area contributed by atoms with Crippen LogP contribution in [0.1, 0.15) is 13.3 Å². The summed E-state index contributed by atoms with van der Waals surface area (Å²) in [6, 6.07) is 1.84. The highest BCUT2D eigenvalue weighted by molar-refractivity contribution is 9.10. The normalized spacial score (nSPS) is 11.7. The van der Waals surface area contributed by atoms with Crippen LogP contribution >= 0.6 is 15.9 Å². The molecule has 0 spiro atoms. The largest absolute Gasteiger partial charge is 0.264 e. The number of hydrogen-bond donors (Lipinski definition) is 0. The molecule has 0 atom stereocenters. The molecule has 0 bridgehead atoms. The maximum absolute atomic E-state index is 12.3. The fourth-order valence-corrected chi connectivity index (χ4v) is 3.79. The first-order chi connectivity index (χ1) is 7.95. The highest BCUT2D eigenvalue weighted by Crippen LogP contribution is 2.21. The maximum atomic E-state index is 12.3. The summed E-state index contributed by atoms with van der Waals surface area (Å²) >= 11 is 3.04. The summed E-state index contributed by atoms with van der Waals surface area (Å²) < 4.78 is 26.9. The summed E-state index contributed by atoms with van der Waals surface area (Å²) in [6.07, 6.45) is 0.629. The minimum Gasteiger partial charge on any atom is -0.235 e. The van der Waals surface area contributed by atoms with Gasteiger partial charge in [-0.3, -0.25) is 0 Å². The zero-order valence-corrected chi connectivity index (χ0v) is 11.9. The minimum atomic E-state index is -3.74. The molecule has 0 aromatic carbocycles. The topological polar surface area (TPSA) is 91.9 Å². The highest BCUT2D eigenvalue weighted by atomic mass is 79.9. The van der Waals surface area contributed by atoms with Gasteiger partial charge in [-0.05, 0) is 22.4 Å². The van der Waals surface area contributed by atoms with Crippen molar-refractivity contribution in [3.8, 4) is 6.07 Å². The summed E-state index contributed by atoms with van der Waals surface area (Å²) in [5.41, 5.74) is 0. The number of nitrogens with zero attached hydrogens (tertiary/aromatic N) is 5. The highest BCUT2D eigenvalue weighted by Gasteiger charge is 2.30. The van der Waals surface area contributed by atoms with Crippen LogP contribution in [0.5, 0.6) is 0 Å². The summed E-state index contributed by atoms with van der Waals surface area (Å²) in [5.74, 6) is 0. The van der Waals surface area contributed by atoms with E-state index in [1.165, 1.54) is 11.7 Å². The SMILES string of the molecule is CCCN(CC#N)S(=O)(=O)c1c(Br)nnn1C. The number of sulfonamides is 1. The Bertz CT molecular complexity index is 513. The molecule has 0 saturated heterocycles. The van der Waals surface area contributed by atoms with Crippen molar-refractivity contribution in [3.63, 3.8) is 0 Å². The van der Waals surface area contributed by atoms with Gasteiger partial charge in [-0.1, -0.05) is 12.1 Å². The fraction of sp³-hybridized carbons (Fsp3) is 0.625. The first-order valence-corrected chi connectivity index (χ1v) is 7.10. The second kappa shape index (κ2) is 5.57. The van der Waals surface area contributed by atoms with Gasteiger partial charge in [0.05, 0.1) is 6.07 Å². The molecule has 0 radical (unpaired) electrons. The average molecular weight is 322 g/mol. The Morgan fingerprint density at radius 2 is 2.24 bits per heavy atom. The molecule has 1 aromatic heterocycles. The van der Waals surface area contributed by atoms with Gasteiger partial charge < -0.3 is 0 Å². The third-order valence-corrected chi connectivity index (χ3v) is 4.78. The Hall–Kier alpha value is -0.980. The van der Waals surface area contributed by atoms with Crippen LogP contribution in [0.3, 0.4) is 0 Å². The molecular weight excluding hydrogens is 310 g/mol. The van der Waals surface area contributed by atoms with E-state index >= 15 is 0 Å². The van der Waals surface area contributed by atoms with Crippen molar-refractivity contribution in [2.45, 2.75) is 18.4 Å². The zero-order valence-electron chi connectivity index (χ0n) is 9.46. The Balaban J connectivity index is 3.22. The van der Waals surface area contributed by atoms with Gasteiger partial charge in [0.2, 0.25) is 5.03 Å². The van der Waals surface area contributed by atoms with Crippen molar-refractivity contribution >= 4 is 26.0 Å². The predicted molar refractivity (Wildman–Crippen MR) is 63.4 cm³/mol. The lowest BCUT2D eigenvalue weighted by Gasteiger charge is -2.17. The van der Waals surface area contributed by atoms with Gasteiger partial charge >= 0.3 is 0 Å². The fourth-order valence-electron chi connectivity index (χ4n) is 1.33. The molecule has 0 amide bonds. The van der Waals surface area contributed by atoms with Gasteiger partial charge in [0, 0.05) is 13.6 Å². The van der Waals surface area contributed by atoms with E-state index in [9.17, 15) is 8.42 Å². The maximum Gasteiger partial charge on any atom is 0.264 e. The number of nitriles is 1. The molecule has 0 aliphatic heterocycles. The zero-order chi connectivity index (χ0) is 13.1. The van der Waals surface area contributed by atoms with Crippen molar-refractivity contribution in [3.05, 3.63) is 4.60 Å². The minimum absolute atomic E-state index is 0.0406. The van der Waals surface area contributed by atoms with E-state index in [0.717, 1.165) is 4.31 Å². The van der Waals surface area contributed by atoms with E-state index in [1.54, 1.807) is 0 Å². The van der Waals surface area contributed by atoms with Gasteiger partial charge in [-0.2, -0.15) is 9.57 Å². The molecule has 9 heteroatoms. The molecule has 0 aliphatic carbocycles. The molecule has 0 fully saturated rings. The second-order valence-electron chi connectivity index (χ2n) is 3.31. The Morgan fingerprint density at radius 1 is 1.59 bits per heavy atom. The lowest BCUT2D eigenvalue weighted by atomic mass is 10.5. The number of halogens is 1. The van der Waals surface area contributed by atoms with Crippen LogP contribution in [-0.2, 0) is 17.1 Å². The number of aromatic nitrogens is 3.